The molecule has 0 aromatic carbocycles. The predicted octanol–water partition coefficient (Wildman–Crippen LogP) is 3.39. The Morgan fingerprint density at radius 3 is 2.28 bits per heavy atom. The molecule has 144 valence electrons. The van der Waals surface area contributed by atoms with Gasteiger partial charge in [0, 0.05) is 25.0 Å². The summed E-state index contributed by atoms with van der Waals surface area (Å²) in [4.78, 5) is 14.1. The molecule has 0 amide bonds. The monoisotopic (exact) mass is 357 g/mol. The first-order valence-corrected chi connectivity index (χ1v) is 9.11. The second-order valence-corrected chi connectivity index (χ2v) is 6.26. The van der Waals surface area contributed by atoms with Gasteiger partial charge >= 0.3 is 5.97 Å². The van der Waals surface area contributed by atoms with E-state index in [4.69, 9.17) is 24.5 Å². The summed E-state index contributed by atoms with van der Waals surface area (Å²) in [6.07, 6.45) is 2.13. The zero-order valence-corrected chi connectivity index (χ0v) is 15.7. The van der Waals surface area contributed by atoms with Crippen LogP contribution in [0.15, 0.2) is 5.11 Å². The average molecular weight is 357 g/mol. The maximum absolute atomic E-state index is 11.2. The second kappa shape index (κ2) is 12.1. The molecule has 0 spiro atoms. The third-order valence-corrected chi connectivity index (χ3v) is 4.15. The highest BCUT2D eigenvalue weighted by molar-refractivity contribution is 5.65. The number of rotatable bonds is 11. The molecule has 0 aliphatic carbocycles. The van der Waals surface area contributed by atoms with Crippen LogP contribution >= 0.6 is 0 Å². The minimum absolute atomic E-state index is 0.0904. The minimum Gasteiger partial charge on any atom is -0.463 e. The van der Waals surface area contributed by atoms with Crippen molar-refractivity contribution in [1.82, 2.24) is 0 Å². The molecule has 8 nitrogen and oxygen atoms in total. The number of carbonyl (C=O) groups is 1. The van der Waals surface area contributed by atoms with Crippen LogP contribution in [-0.4, -0.2) is 56.2 Å². The van der Waals surface area contributed by atoms with E-state index < -0.39 is 24.4 Å². The van der Waals surface area contributed by atoms with Gasteiger partial charge in [-0.15, -0.1) is 0 Å². The molecule has 0 radical (unpaired) electrons. The van der Waals surface area contributed by atoms with Crippen molar-refractivity contribution < 1.29 is 23.7 Å². The number of esters is 1. The summed E-state index contributed by atoms with van der Waals surface area (Å²) >= 11 is 0. The molecule has 1 rings (SSSR count). The Balaban J connectivity index is 2.95. The zero-order chi connectivity index (χ0) is 18.7. The standard InChI is InChI=1S/C17H31N3O5/c1-5-7-9-22-16-14(11-24-13(4)21)25-12(3)15(19-20-18)17(16)23-10-8-6-2/h12,14-17H,5-11H2,1-4H3/t12-,14?,15?,16-,17?/m1/s1. The topological polar surface area (TPSA) is 103 Å². The molecule has 1 fully saturated rings. The summed E-state index contributed by atoms with van der Waals surface area (Å²) in [5.41, 5.74) is 8.91. The number of unbranched alkanes of at least 4 members (excludes halogenated alkanes) is 2. The second-order valence-electron chi connectivity index (χ2n) is 6.26. The molecular formula is C17H31N3O5. The van der Waals surface area contributed by atoms with Crippen LogP contribution in [0.2, 0.25) is 0 Å². The van der Waals surface area contributed by atoms with Crippen molar-refractivity contribution in [2.24, 2.45) is 5.11 Å². The van der Waals surface area contributed by atoms with Gasteiger partial charge < -0.3 is 18.9 Å². The number of carbonyl (C=O) groups excluding carboxylic acids is 1. The lowest BCUT2D eigenvalue weighted by molar-refractivity contribution is -0.218. The van der Waals surface area contributed by atoms with E-state index in [9.17, 15) is 4.79 Å². The first-order valence-electron chi connectivity index (χ1n) is 9.11. The maximum Gasteiger partial charge on any atom is 0.302 e. The van der Waals surface area contributed by atoms with Crippen molar-refractivity contribution in [1.29, 1.82) is 0 Å². The molecule has 0 N–H and O–H groups in total. The van der Waals surface area contributed by atoms with Crippen molar-refractivity contribution in [3.05, 3.63) is 10.4 Å². The van der Waals surface area contributed by atoms with Gasteiger partial charge in [0.1, 0.15) is 18.8 Å². The Morgan fingerprint density at radius 2 is 1.76 bits per heavy atom. The normalized spacial score (nSPS) is 29.0. The Labute approximate surface area is 149 Å². The van der Waals surface area contributed by atoms with Crippen LogP contribution in [0.4, 0.5) is 0 Å². The molecule has 1 aliphatic heterocycles. The largest absolute Gasteiger partial charge is 0.463 e. The van der Waals surface area contributed by atoms with Gasteiger partial charge in [0.15, 0.2) is 0 Å². The molecule has 1 heterocycles. The van der Waals surface area contributed by atoms with Crippen LogP contribution in [0.1, 0.15) is 53.4 Å². The molecule has 1 aliphatic rings. The lowest BCUT2D eigenvalue weighted by Crippen LogP contribution is -2.59. The number of azide groups is 1. The fourth-order valence-corrected chi connectivity index (χ4v) is 2.78. The Morgan fingerprint density at radius 1 is 1.16 bits per heavy atom. The summed E-state index contributed by atoms with van der Waals surface area (Å²) < 4.78 is 23.1. The first-order chi connectivity index (χ1) is 12.0. The van der Waals surface area contributed by atoms with Gasteiger partial charge in [-0.1, -0.05) is 31.8 Å². The number of ether oxygens (including phenoxy) is 4. The lowest BCUT2D eigenvalue weighted by Gasteiger charge is -2.44. The van der Waals surface area contributed by atoms with E-state index in [-0.39, 0.29) is 18.7 Å². The Bertz CT molecular complexity index is 442. The van der Waals surface area contributed by atoms with Crippen molar-refractivity contribution >= 4 is 5.97 Å². The van der Waals surface area contributed by atoms with Crippen LogP contribution in [0.25, 0.3) is 10.4 Å². The molecule has 0 aromatic heterocycles. The van der Waals surface area contributed by atoms with Gasteiger partial charge in [-0.2, -0.15) is 0 Å². The third-order valence-electron chi connectivity index (χ3n) is 4.15. The molecule has 0 aromatic rings. The highest BCUT2D eigenvalue weighted by atomic mass is 16.6. The molecular weight excluding hydrogens is 326 g/mol. The summed E-state index contributed by atoms with van der Waals surface area (Å²) in [6.45, 7) is 8.55. The minimum atomic E-state index is -0.484. The summed E-state index contributed by atoms with van der Waals surface area (Å²) in [6, 6.07) is -0.484. The van der Waals surface area contributed by atoms with E-state index in [1.807, 2.05) is 6.92 Å². The van der Waals surface area contributed by atoms with Crippen molar-refractivity contribution in [2.75, 3.05) is 19.8 Å². The number of hydrogen-bond donors (Lipinski definition) is 0. The number of hydrogen-bond acceptors (Lipinski definition) is 6. The van der Waals surface area contributed by atoms with E-state index in [2.05, 4.69) is 23.9 Å². The molecule has 3 unspecified atom stereocenters. The van der Waals surface area contributed by atoms with Gasteiger partial charge in [-0.3, -0.25) is 4.79 Å². The fourth-order valence-electron chi connectivity index (χ4n) is 2.78. The van der Waals surface area contributed by atoms with E-state index in [1.165, 1.54) is 6.92 Å². The Hall–Kier alpha value is -1.34. The zero-order valence-electron chi connectivity index (χ0n) is 15.7. The van der Waals surface area contributed by atoms with Crippen LogP contribution in [0.3, 0.4) is 0 Å². The Kier molecular flexibility index (Phi) is 10.5. The van der Waals surface area contributed by atoms with Crippen LogP contribution in [0, 0.1) is 0 Å². The SMILES string of the molecule is CCCCOC1C(N=[N+]=[N-])[C@@H](C)OC(COC(C)=O)[C@H]1OCCCC. The molecule has 0 bridgehead atoms. The smallest absolute Gasteiger partial charge is 0.302 e. The van der Waals surface area contributed by atoms with E-state index >= 15 is 0 Å². The molecule has 0 saturated carbocycles. The van der Waals surface area contributed by atoms with Crippen LogP contribution in [0.5, 0.6) is 0 Å². The van der Waals surface area contributed by atoms with Crippen molar-refractivity contribution in [3.63, 3.8) is 0 Å². The molecule has 1 saturated heterocycles. The van der Waals surface area contributed by atoms with Gasteiger partial charge in [-0.05, 0) is 25.3 Å². The van der Waals surface area contributed by atoms with Gasteiger partial charge in [0.2, 0.25) is 0 Å². The van der Waals surface area contributed by atoms with E-state index in [0.717, 1.165) is 25.7 Å². The lowest BCUT2D eigenvalue weighted by atomic mass is 9.93. The maximum atomic E-state index is 11.2. The van der Waals surface area contributed by atoms with E-state index in [1.54, 1.807) is 0 Å². The van der Waals surface area contributed by atoms with Gasteiger partial charge in [-0.25, -0.2) is 0 Å². The summed E-state index contributed by atoms with van der Waals surface area (Å²) in [5.74, 6) is -0.371. The molecule has 25 heavy (non-hydrogen) atoms. The predicted molar refractivity (Wildman–Crippen MR) is 93.2 cm³/mol. The van der Waals surface area contributed by atoms with Crippen LogP contribution in [-0.2, 0) is 23.7 Å². The average Bonchev–Trinajstić information content (AvgIpc) is 2.58. The van der Waals surface area contributed by atoms with Crippen molar-refractivity contribution in [3.8, 4) is 0 Å². The highest BCUT2D eigenvalue weighted by Gasteiger charge is 2.45. The quantitative estimate of drug-likeness (QED) is 0.185. The first kappa shape index (κ1) is 21.7. The molecule has 5 atom stereocenters. The fraction of sp³-hybridized carbons (Fsp3) is 0.941. The van der Waals surface area contributed by atoms with Crippen LogP contribution < -0.4 is 0 Å². The third kappa shape index (κ3) is 7.20. The van der Waals surface area contributed by atoms with Gasteiger partial charge in [0.05, 0.1) is 18.2 Å². The van der Waals surface area contributed by atoms with E-state index in [0.29, 0.717) is 13.2 Å². The number of nitrogens with zero attached hydrogens (tertiary/aromatic N) is 3. The molecule has 8 heteroatoms. The van der Waals surface area contributed by atoms with Crippen molar-refractivity contribution in [2.45, 2.75) is 83.8 Å². The summed E-state index contributed by atoms with van der Waals surface area (Å²) in [7, 11) is 0. The highest BCUT2D eigenvalue weighted by Crippen LogP contribution is 2.29. The summed E-state index contributed by atoms with van der Waals surface area (Å²) in [5, 5.41) is 3.88. The van der Waals surface area contributed by atoms with Gasteiger partial charge in [0.25, 0.3) is 0 Å².